The summed E-state index contributed by atoms with van der Waals surface area (Å²) >= 11 is 1.64. The summed E-state index contributed by atoms with van der Waals surface area (Å²) in [7, 11) is -3.66. The van der Waals surface area contributed by atoms with Gasteiger partial charge in [0.05, 0.1) is 5.52 Å². The van der Waals surface area contributed by atoms with Gasteiger partial charge in [0.15, 0.2) is 0 Å². The van der Waals surface area contributed by atoms with Crippen LogP contribution in [0.25, 0.3) is 10.9 Å². The minimum absolute atomic E-state index is 0.0388. The van der Waals surface area contributed by atoms with E-state index in [-0.39, 0.29) is 22.6 Å². The third-order valence-electron chi connectivity index (χ3n) is 6.00. The van der Waals surface area contributed by atoms with E-state index in [9.17, 15) is 13.2 Å². The van der Waals surface area contributed by atoms with Crippen molar-refractivity contribution in [2.75, 3.05) is 18.1 Å². The van der Waals surface area contributed by atoms with Crippen molar-refractivity contribution in [3.63, 3.8) is 0 Å². The van der Waals surface area contributed by atoms with E-state index in [0.717, 1.165) is 41.7 Å². The smallest absolute Gasteiger partial charge is 0.242 e. The lowest BCUT2D eigenvalue weighted by Crippen LogP contribution is -2.33. The van der Waals surface area contributed by atoms with Gasteiger partial charge >= 0.3 is 0 Å². The van der Waals surface area contributed by atoms with E-state index in [0.29, 0.717) is 12.1 Å². The second kappa shape index (κ2) is 10.0. The van der Waals surface area contributed by atoms with Crippen LogP contribution >= 0.6 is 11.8 Å². The Morgan fingerprint density at radius 3 is 2.59 bits per heavy atom. The van der Waals surface area contributed by atoms with Gasteiger partial charge in [-0.15, -0.1) is 11.8 Å². The van der Waals surface area contributed by atoms with Crippen molar-refractivity contribution in [1.82, 2.24) is 9.71 Å². The summed E-state index contributed by atoms with van der Waals surface area (Å²) in [5.41, 5.74) is 1.30. The summed E-state index contributed by atoms with van der Waals surface area (Å²) in [5.74, 6) is 0.226. The lowest BCUT2D eigenvalue weighted by atomic mass is 9.81. The van der Waals surface area contributed by atoms with Crippen LogP contribution in [0.5, 0.6) is 0 Å². The van der Waals surface area contributed by atoms with Gasteiger partial charge in [-0.05, 0) is 68.2 Å². The third-order valence-corrected chi connectivity index (χ3v) is 8.18. The first kappa shape index (κ1) is 22.8. The number of para-hydroxylation sites is 1. The number of fused-ring (bicyclic) bond motifs is 1. The molecular weight excluding hydrogens is 442 g/mol. The van der Waals surface area contributed by atoms with Crippen molar-refractivity contribution in [3.05, 3.63) is 60.8 Å². The molecule has 0 atom stereocenters. The Balaban J connectivity index is 1.31. The molecule has 0 spiro atoms. The molecule has 1 amide bonds. The molecule has 1 fully saturated rings. The summed E-state index contributed by atoms with van der Waals surface area (Å²) in [6.45, 7) is 0.371. The normalized spacial score (nSPS) is 19.0. The van der Waals surface area contributed by atoms with Crippen molar-refractivity contribution >= 4 is 44.3 Å². The Morgan fingerprint density at radius 1 is 1.06 bits per heavy atom. The molecular formula is C24H27N3O3S2. The van der Waals surface area contributed by atoms with Crippen molar-refractivity contribution in [2.24, 2.45) is 11.8 Å². The Morgan fingerprint density at radius 2 is 1.81 bits per heavy atom. The lowest BCUT2D eigenvalue weighted by Gasteiger charge is -2.28. The molecule has 1 heterocycles. The molecule has 168 valence electrons. The Hall–Kier alpha value is -2.42. The minimum Gasteiger partial charge on any atom is -0.326 e. The standard InChI is InChI=1S/C24H27N3O3S2/c1-31-21-8-3-7-20(15-21)27-24(28)19-12-10-17(11-13-19)16-26-32(29,30)22-9-2-5-18-6-4-14-25-23(18)22/h2-9,14-15,17,19,26H,10-13,16H2,1H3,(H,27,28). The Kier molecular flexibility index (Phi) is 7.13. The second-order valence-corrected chi connectivity index (χ2v) is 10.7. The molecule has 1 saturated carbocycles. The molecule has 0 radical (unpaired) electrons. The van der Waals surface area contributed by atoms with Gasteiger partial charge in [-0.25, -0.2) is 13.1 Å². The highest BCUT2D eigenvalue weighted by atomic mass is 32.2. The highest BCUT2D eigenvalue weighted by Crippen LogP contribution is 2.30. The number of sulfonamides is 1. The fourth-order valence-corrected chi connectivity index (χ4v) is 5.93. The molecule has 0 aliphatic heterocycles. The molecule has 8 heteroatoms. The number of nitrogens with zero attached hydrogens (tertiary/aromatic N) is 1. The molecule has 1 aliphatic rings. The van der Waals surface area contributed by atoms with E-state index in [1.807, 2.05) is 42.7 Å². The van der Waals surface area contributed by atoms with Crippen molar-refractivity contribution in [2.45, 2.75) is 35.5 Å². The van der Waals surface area contributed by atoms with Crippen LogP contribution in [-0.2, 0) is 14.8 Å². The third kappa shape index (κ3) is 5.31. The average molecular weight is 470 g/mol. The monoisotopic (exact) mass is 469 g/mol. The molecule has 1 aliphatic carbocycles. The van der Waals surface area contributed by atoms with E-state index < -0.39 is 10.0 Å². The van der Waals surface area contributed by atoms with Crippen molar-refractivity contribution < 1.29 is 13.2 Å². The number of anilines is 1. The van der Waals surface area contributed by atoms with Crippen molar-refractivity contribution in [3.8, 4) is 0 Å². The number of rotatable bonds is 7. The highest BCUT2D eigenvalue weighted by molar-refractivity contribution is 7.98. The largest absolute Gasteiger partial charge is 0.326 e. The molecule has 0 saturated heterocycles. The minimum atomic E-state index is -3.66. The quantitative estimate of drug-likeness (QED) is 0.491. The van der Waals surface area contributed by atoms with Crippen LogP contribution < -0.4 is 10.0 Å². The molecule has 0 bridgehead atoms. The first-order chi connectivity index (χ1) is 15.5. The number of benzene rings is 2. The summed E-state index contributed by atoms with van der Waals surface area (Å²) in [5, 5.41) is 3.82. The molecule has 4 rings (SSSR count). The number of carbonyl (C=O) groups is 1. The summed E-state index contributed by atoms with van der Waals surface area (Å²) in [6, 6.07) is 16.7. The van der Waals surface area contributed by atoms with Crippen LogP contribution in [-0.4, -0.2) is 32.1 Å². The van der Waals surface area contributed by atoms with E-state index >= 15 is 0 Å². The van der Waals surface area contributed by atoms with E-state index in [2.05, 4.69) is 15.0 Å². The first-order valence-corrected chi connectivity index (χ1v) is 13.5. The average Bonchev–Trinajstić information content (AvgIpc) is 2.83. The molecule has 3 aromatic rings. The Labute approximate surface area is 193 Å². The van der Waals surface area contributed by atoms with Crippen molar-refractivity contribution in [1.29, 1.82) is 0 Å². The lowest BCUT2D eigenvalue weighted by molar-refractivity contribution is -0.121. The maximum atomic E-state index is 12.9. The number of amides is 1. The van der Waals surface area contributed by atoms with E-state index in [4.69, 9.17) is 0 Å². The number of nitrogens with one attached hydrogen (secondary N) is 2. The van der Waals surface area contributed by atoms with E-state index in [1.54, 1.807) is 36.2 Å². The van der Waals surface area contributed by atoms with Gasteiger partial charge in [0.2, 0.25) is 15.9 Å². The van der Waals surface area contributed by atoms with Crippen LogP contribution in [0.15, 0.2) is 70.6 Å². The van der Waals surface area contributed by atoms with Gasteiger partial charge in [-0.2, -0.15) is 0 Å². The zero-order chi connectivity index (χ0) is 22.6. The topological polar surface area (TPSA) is 88.2 Å². The first-order valence-electron chi connectivity index (χ1n) is 10.7. The van der Waals surface area contributed by atoms with Crippen LogP contribution in [0.2, 0.25) is 0 Å². The SMILES string of the molecule is CSc1cccc(NC(=O)C2CCC(CNS(=O)(=O)c3cccc4cccnc34)CC2)c1. The zero-order valence-corrected chi connectivity index (χ0v) is 19.6. The van der Waals surface area contributed by atoms with E-state index in [1.165, 1.54) is 0 Å². The predicted octanol–water partition coefficient (Wildman–Crippen LogP) is 4.68. The summed E-state index contributed by atoms with van der Waals surface area (Å²) in [6.07, 6.45) is 6.77. The number of aromatic nitrogens is 1. The Bertz CT molecular complexity index is 1200. The number of pyridine rings is 1. The maximum Gasteiger partial charge on any atom is 0.242 e. The molecule has 0 unspecified atom stereocenters. The van der Waals surface area contributed by atoms with Gasteiger partial charge in [0.1, 0.15) is 4.90 Å². The van der Waals surface area contributed by atoms with Crippen LogP contribution in [0.1, 0.15) is 25.7 Å². The summed E-state index contributed by atoms with van der Waals surface area (Å²) < 4.78 is 28.6. The number of carbonyl (C=O) groups excluding carboxylic acids is 1. The van der Waals surface area contributed by atoms with Crippen LogP contribution in [0.3, 0.4) is 0 Å². The molecule has 32 heavy (non-hydrogen) atoms. The van der Waals surface area contributed by atoms with Gasteiger partial charge in [-0.1, -0.05) is 24.3 Å². The fraction of sp³-hybridized carbons (Fsp3) is 0.333. The molecule has 6 nitrogen and oxygen atoms in total. The molecule has 2 N–H and O–H groups in total. The predicted molar refractivity (Wildman–Crippen MR) is 129 cm³/mol. The van der Waals surface area contributed by atoms with Gasteiger partial charge in [0, 0.05) is 34.6 Å². The fourth-order valence-electron chi connectivity index (χ4n) is 4.17. The highest BCUT2D eigenvalue weighted by Gasteiger charge is 2.28. The van der Waals surface area contributed by atoms with Gasteiger partial charge in [0.25, 0.3) is 0 Å². The number of thioether (sulfide) groups is 1. The number of hydrogen-bond donors (Lipinski definition) is 2. The summed E-state index contributed by atoms with van der Waals surface area (Å²) in [4.78, 5) is 18.2. The second-order valence-electron chi connectivity index (χ2n) is 8.12. The van der Waals surface area contributed by atoms with Crippen LogP contribution in [0.4, 0.5) is 5.69 Å². The zero-order valence-electron chi connectivity index (χ0n) is 18.0. The number of hydrogen-bond acceptors (Lipinski definition) is 5. The molecule has 1 aromatic heterocycles. The van der Waals surface area contributed by atoms with Gasteiger partial charge < -0.3 is 5.32 Å². The maximum absolute atomic E-state index is 12.9. The van der Waals surface area contributed by atoms with Gasteiger partial charge in [-0.3, -0.25) is 9.78 Å². The van der Waals surface area contributed by atoms with Crippen LogP contribution in [0, 0.1) is 11.8 Å². The molecule has 2 aromatic carbocycles.